The quantitative estimate of drug-likeness (QED) is 0.738. The molecule has 0 aliphatic rings. The molecule has 0 atom stereocenters. The summed E-state index contributed by atoms with van der Waals surface area (Å²) in [6.45, 7) is 4.01. The first-order chi connectivity index (χ1) is 11.5. The highest BCUT2D eigenvalue weighted by atomic mass is 35.5. The first-order valence-corrected chi connectivity index (χ1v) is 7.94. The van der Waals surface area contributed by atoms with Crippen LogP contribution in [0.25, 0.3) is 22.6 Å². The average Bonchev–Trinajstić information content (AvgIpc) is 2.54. The molecule has 0 amide bonds. The lowest BCUT2D eigenvalue weighted by Crippen LogP contribution is -2.14. The third kappa shape index (κ3) is 3.68. The molecule has 0 saturated heterocycles. The van der Waals surface area contributed by atoms with Crippen molar-refractivity contribution in [2.75, 3.05) is 5.32 Å². The summed E-state index contributed by atoms with van der Waals surface area (Å²) in [6.07, 6.45) is 0. The fourth-order valence-electron chi connectivity index (χ4n) is 2.28. The van der Waals surface area contributed by atoms with Gasteiger partial charge in [-0.3, -0.25) is 0 Å². The van der Waals surface area contributed by atoms with Crippen molar-refractivity contribution >= 4 is 17.4 Å². The van der Waals surface area contributed by atoms with Crippen LogP contribution in [0, 0.1) is 5.82 Å². The molecule has 0 fully saturated rings. The van der Waals surface area contributed by atoms with E-state index in [1.165, 1.54) is 12.1 Å². The van der Waals surface area contributed by atoms with Gasteiger partial charge in [0.15, 0.2) is 11.6 Å². The molecule has 1 heterocycles. The molecule has 0 radical (unpaired) electrons. The van der Waals surface area contributed by atoms with Crippen LogP contribution in [0.2, 0.25) is 5.02 Å². The number of nitrogens with one attached hydrogen (secondary N) is 1. The Bertz CT molecular complexity index is 867. The highest BCUT2D eigenvalue weighted by Crippen LogP contribution is 2.28. The summed E-state index contributed by atoms with van der Waals surface area (Å²) in [5.74, 6) is 0.580. The number of benzene rings is 2. The van der Waals surface area contributed by atoms with Crippen molar-refractivity contribution in [3.63, 3.8) is 0 Å². The number of halogens is 2. The lowest BCUT2D eigenvalue weighted by molar-refractivity contribution is 0.628. The summed E-state index contributed by atoms with van der Waals surface area (Å²) < 4.78 is 13.5. The molecule has 0 bridgehead atoms. The van der Waals surface area contributed by atoms with Crippen LogP contribution < -0.4 is 5.32 Å². The van der Waals surface area contributed by atoms with Crippen LogP contribution in [0.4, 0.5) is 10.2 Å². The van der Waals surface area contributed by atoms with Gasteiger partial charge in [-0.2, -0.15) is 0 Å². The van der Waals surface area contributed by atoms with Crippen LogP contribution in [-0.4, -0.2) is 21.2 Å². The SMILES string of the molecule is CC(C)Nc1nnc(-c2cccc(F)c2)nc1-c1cccc(Cl)c1. The highest BCUT2D eigenvalue weighted by Gasteiger charge is 2.14. The van der Waals surface area contributed by atoms with Crippen molar-refractivity contribution < 1.29 is 4.39 Å². The topological polar surface area (TPSA) is 50.7 Å². The van der Waals surface area contributed by atoms with Gasteiger partial charge in [0.1, 0.15) is 11.5 Å². The Labute approximate surface area is 144 Å². The van der Waals surface area contributed by atoms with Gasteiger partial charge in [0.25, 0.3) is 0 Å². The molecular weight excluding hydrogens is 327 g/mol. The predicted octanol–water partition coefficient (Wildman–Crippen LogP) is 4.82. The summed E-state index contributed by atoms with van der Waals surface area (Å²) in [6, 6.07) is 13.6. The molecule has 0 aliphatic carbocycles. The minimum atomic E-state index is -0.343. The lowest BCUT2D eigenvalue weighted by Gasteiger charge is -2.13. The van der Waals surface area contributed by atoms with Gasteiger partial charge in [0, 0.05) is 22.2 Å². The Hall–Kier alpha value is -2.53. The Morgan fingerprint density at radius 2 is 1.75 bits per heavy atom. The number of hydrogen-bond donors (Lipinski definition) is 1. The monoisotopic (exact) mass is 342 g/mol. The van der Waals surface area contributed by atoms with E-state index in [4.69, 9.17) is 11.6 Å². The third-order valence-electron chi connectivity index (χ3n) is 3.29. The fourth-order valence-corrected chi connectivity index (χ4v) is 2.47. The van der Waals surface area contributed by atoms with Crippen LogP contribution in [0.5, 0.6) is 0 Å². The van der Waals surface area contributed by atoms with Crippen molar-refractivity contribution in [1.29, 1.82) is 0 Å². The molecule has 3 rings (SSSR count). The molecule has 3 aromatic rings. The Morgan fingerprint density at radius 3 is 2.46 bits per heavy atom. The zero-order valence-corrected chi connectivity index (χ0v) is 14.0. The van der Waals surface area contributed by atoms with Crippen LogP contribution in [0.1, 0.15) is 13.8 Å². The average molecular weight is 343 g/mol. The molecule has 24 heavy (non-hydrogen) atoms. The Kier molecular flexibility index (Phi) is 4.71. The van der Waals surface area contributed by atoms with E-state index in [9.17, 15) is 4.39 Å². The largest absolute Gasteiger partial charge is 0.365 e. The maximum atomic E-state index is 13.5. The van der Waals surface area contributed by atoms with Crippen molar-refractivity contribution in [3.8, 4) is 22.6 Å². The molecular formula is C18H16ClFN4. The third-order valence-corrected chi connectivity index (χ3v) is 3.53. The fraction of sp³-hybridized carbons (Fsp3) is 0.167. The van der Waals surface area contributed by atoms with E-state index in [1.54, 1.807) is 18.2 Å². The second kappa shape index (κ2) is 6.93. The molecule has 0 unspecified atom stereocenters. The van der Waals surface area contributed by atoms with Gasteiger partial charge < -0.3 is 5.32 Å². The summed E-state index contributed by atoms with van der Waals surface area (Å²) in [4.78, 5) is 4.59. The number of rotatable bonds is 4. The summed E-state index contributed by atoms with van der Waals surface area (Å²) in [7, 11) is 0. The van der Waals surface area contributed by atoms with Gasteiger partial charge in [-0.15, -0.1) is 10.2 Å². The molecule has 1 N–H and O–H groups in total. The molecule has 6 heteroatoms. The zero-order valence-electron chi connectivity index (χ0n) is 13.3. The molecule has 0 aliphatic heterocycles. The van der Waals surface area contributed by atoms with Gasteiger partial charge in [-0.05, 0) is 38.1 Å². The van der Waals surface area contributed by atoms with E-state index in [2.05, 4.69) is 20.5 Å². The van der Waals surface area contributed by atoms with Gasteiger partial charge in [0.2, 0.25) is 0 Å². The van der Waals surface area contributed by atoms with E-state index >= 15 is 0 Å². The van der Waals surface area contributed by atoms with Crippen LogP contribution in [0.3, 0.4) is 0 Å². The van der Waals surface area contributed by atoms with Gasteiger partial charge >= 0.3 is 0 Å². The number of nitrogens with zero attached hydrogens (tertiary/aromatic N) is 3. The molecule has 122 valence electrons. The Morgan fingerprint density at radius 1 is 1.00 bits per heavy atom. The normalized spacial score (nSPS) is 10.9. The van der Waals surface area contributed by atoms with Gasteiger partial charge in [-0.1, -0.05) is 35.9 Å². The molecule has 1 aromatic heterocycles. The van der Waals surface area contributed by atoms with E-state index < -0.39 is 0 Å². The second-order valence-electron chi connectivity index (χ2n) is 5.65. The zero-order chi connectivity index (χ0) is 17.1. The first-order valence-electron chi connectivity index (χ1n) is 7.56. The first kappa shape index (κ1) is 16.3. The predicted molar refractivity (Wildman–Crippen MR) is 94.4 cm³/mol. The van der Waals surface area contributed by atoms with Crippen molar-refractivity contribution in [2.24, 2.45) is 0 Å². The maximum Gasteiger partial charge on any atom is 0.182 e. The highest BCUT2D eigenvalue weighted by molar-refractivity contribution is 6.30. The molecule has 0 spiro atoms. The van der Waals surface area contributed by atoms with Gasteiger partial charge in [-0.25, -0.2) is 9.37 Å². The molecule has 4 nitrogen and oxygen atoms in total. The standard InChI is InChI=1S/C18H16ClFN4/c1-11(2)21-18-16(12-5-3-7-14(19)9-12)22-17(23-24-18)13-6-4-8-15(20)10-13/h3-11H,1-2H3,(H,21,24). The number of hydrogen-bond acceptors (Lipinski definition) is 4. The van der Waals surface area contributed by atoms with E-state index in [1.807, 2.05) is 32.0 Å². The van der Waals surface area contributed by atoms with Crippen LogP contribution in [0.15, 0.2) is 48.5 Å². The summed E-state index contributed by atoms with van der Waals surface area (Å²) in [5, 5.41) is 12.2. The lowest BCUT2D eigenvalue weighted by atomic mass is 10.1. The molecule has 2 aromatic carbocycles. The van der Waals surface area contributed by atoms with E-state index in [-0.39, 0.29) is 11.9 Å². The number of aromatic nitrogens is 3. The summed E-state index contributed by atoms with van der Waals surface area (Å²) in [5.41, 5.74) is 2.01. The van der Waals surface area contributed by atoms with Crippen molar-refractivity contribution in [1.82, 2.24) is 15.2 Å². The minimum Gasteiger partial charge on any atom is -0.365 e. The van der Waals surface area contributed by atoms with Crippen molar-refractivity contribution in [2.45, 2.75) is 19.9 Å². The van der Waals surface area contributed by atoms with Crippen LogP contribution >= 0.6 is 11.6 Å². The Balaban J connectivity index is 2.13. The number of anilines is 1. The minimum absolute atomic E-state index is 0.166. The van der Waals surface area contributed by atoms with Crippen LogP contribution in [-0.2, 0) is 0 Å². The van der Waals surface area contributed by atoms with E-state index in [0.29, 0.717) is 27.9 Å². The summed E-state index contributed by atoms with van der Waals surface area (Å²) >= 11 is 6.10. The molecule has 0 saturated carbocycles. The van der Waals surface area contributed by atoms with Crippen molar-refractivity contribution in [3.05, 3.63) is 59.4 Å². The smallest absolute Gasteiger partial charge is 0.182 e. The van der Waals surface area contributed by atoms with Gasteiger partial charge in [0.05, 0.1) is 0 Å². The second-order valence-corrected chi connectivity index (χ2v) is 6.09. The maximum absolute atomic E-state index is 13.5. The van der Waals surface area contributed by atoms with E-state index in [0.717, 1.165) is 5.56 Å².